The molecule has 1 fully saturated rings. The molecule has 1 aliphatic carbocycles. The molecule has 1 aliphatic rings. The molecule has 4 heteroatoms. The van der Waals surface area contributed by atoms with Gasteiger partial charge in [-0.05, 0) is 35.4 Å². The van der Waals surface area contributed by atoms with E-state index in [0.717, 1.165) is 12.0 Å². The van der Waals surface area contributed by atoms with Gasteiger partial charge in [-0.25, -0.2) is 4.39 Å². The summed E-state index contributed by atoms with van der Waals surface area (Å²) in [5.74, 6) is -0.263. The van der Waals surface area contributed by atoms with Gasteiger partial charge in [0.05, 0.1) is 6.04 Å². The van der Waals surface area contributed by atoms with Crippen LogP contribution in [0.15, 0.2) is 24.3 Å². The minimum atomic E-state index is -0.459. The van der Waals surface area contributed by atoms with Crippen molar-refractivity contribution in [1.29, 1.82) is 0 Å². The second-order valence-corrected chi connectivity index (χ2v) is 7.13. The highest BCUT2D eigenvalue weighted by atomic mass is 19.1. The Morgan fingerprint density at radius 3 is 2.36 bits per heavy atom. The van der Waals surface area contributed by atoms with Gasteiger partial charge in [0.2, 0.25) is 5.91 Å². The number of hydrogen-bond acceptors (Lipinski definition) is 2. The minimum Gasteiger partial charge on any atom is -0.346 e. The van der Waals surface area contributed by atoms with Crippen LogP contribution >= 0.6 is 0 Å². The number of rotatable bonds is 5. The van der Waals surface area contributed by atoms with E-state index in [0.29, 0.717) is 6.42 Å². The summed E-state index contributed by atoms with van der Waals surface area (Å²) >= 11 is 0. The van der Waals surface area contributed by atoms with Crippen LogP contribution in [-0.2, 0) is 9.59 Å². The molecule has 2 rings (SSSR count). The Balaban J connectivity index is 2.01. The molecular weight excluding hydrogens is 281 g/mol. The summed E-state index contributed by atoms with van der Waals surface area (Å²) in [6.45, 7) is 7.67. The van der Waals surface area contributed by atoms with E-state index < -0.39 is 6.04 Å². The number of nitrogens with one attached hydrogen (secondary N) is 1. The van der Waals surface area contributed by atoms with Crippen LogP contribution in [0.2, 0.25) is 0 Å². The molecule has 1 aromatic carbocycles. The molecule has 0 heterocycles. The lowest BCUT2D eigenvalue weighted by atomic mass is 9.83. The molecular formula is C18H24FNO2. The highest BCUT2D eigenvalue weighted by Crippen LogP contribution is 2.47. The molecule has 0 aromatic heterocycles. The van der Waals surface area contributed by atoms with E-state index in [9.17, 15) is 14.0 Å². The van der Waals surface area contributed by atoms with E-state index in [1.54, 1.807) is 12.1 Å². The van der Waals surface area contributed by atoms with Gasteiger partial charge in [-0.2, -0.15) is 0 Å². The van der Waals surface area contributed by atoms with E-state index >= 15 is 0 Å². The van der Waals surface area contributed by atoms with E-state index in [-0.39, 0.29) is 34.8 Å². The minimum absolute atomic E-state index is 0.0554. The van der Waals surface area contributed by atoms with Gasteiger partial charge in [-0.3, -0.25) is 9.59 Å². The fourth-order valence-corrected chi connectivity index (χ4v) is 2.80. The van der Waals surface area contributed by atoms with Crippen molar-refractivity contribution in [2.75, 3.05) is 0 Å². The maximum absolute atomic E-state index is 12.9. The first-order valence-electron chi connectivity index (χ1n) is 7.82. The summed E-state index contributed by atoms with van der Waals surface area (Å²) < 4.78 is 12.9. The van der Waals surface area contributed by atoms with Crippen molar-refractivity contribution >= 4 is 11.7 Å². The SMILES string of the molecule is CCC(=O)[C@@H](NC(=O)[C@@H]1CC1c1ccc(F)cc1)C(C)(C)C. The molecule has 1 saturated carbocycles. The van der Waals surface area contributed by atoms with Crippen molar-refractivity contribution in [3.63, 3.8) is 0 Å². The number of Topliss-reactive ketones (excluding diaryl/α,β-unsaturated/α-hetero) is 1. The second kappa shape index (κ2) is 6.19. The molecule has 1 unspecified atom stereocenters. The Bertz CT molecular complexity index is 559. The van der Waals surface area contributed by atoms with Gasteiger partial charge < -0.3 is 5.32 Å². The Morgan fingerprint density at radius 2 is 1.86 bits per heavy atom. The van der Waals surface area contributed by atoms with Crippen molar-refractivity contribution in [3.8, 4) is 0 Å². The van der Waals surface area contributed by atoms with E-state index in [1.165, 1.54) is 12.1 Å². The van der Waals surface area contributed by atoms with Crippen molar-refractivity contribution in [1.82, 2.24) is 5.32 Å². The maximum atomic E-state index is 12.9. The maximum Gasteiger partial charge on any atom is 0.224 e. The number of benzene rings is 1. The predicted octanol–water partition coefficient (Wildman–Crippen LogP) is 3.44. The number of hydrogen-bond donors (Lipinski definition) is 1. The van der Waals surface area contributed by atoms with Gasteiger partial charge in [0.1, 0.15) is 5.82 Å². The van der Waals surface area contributed by atoms with Gasteiger partial charge in [0.15, 0.2) is 5.78 Å². The molecule has 22 heavy (non-hydrogen) atoms. The van der Waals surface area contributed by atoms with E-state index in [2.05, 4.69) is 5.32 Å². The summed E-state index contributed by atoms with van der Waals surface area (Å²) in [6, 6.07) is 5.83. The zero-order valence-electron chi connectivity index (χ0n) is 13.7. The Kier molecular flexibility index (Phi) is 4.69. The van der Waals surface area contributed by atoms with E-state index in [1.807, 2.05) is 27.7 Å². The zero-order chi connectivity index (χ0) is 16.5. The first-order valence-corrected chi connectivity index (χ1v) is 7.82. The van der Waals surface area contributed by atoms with Crippen molar-refractivity contribution in [2.45, 2.75) is 52.5 Å². The Labute approximate surface area is 131 Å². The molecule has 1 amide bonds. The average Bonchev–Trinajstić information content (AvgIpc) is 3.23. The summed E-state index contributed by atoms with van der Waals surface area (Å²) in [6.07, 6.45) is 1.17. The lowest BCUT2D eigenvalue weighted by Gasteiger charge is -2.30. The van der Waals surface area contributed by atoms with Crippen LogP contribution < -0.4 is 5.32 Å². The van der Waals surface area contributed by atoms with Gasteiger partial charge in [-0.1, -0.05) is 39.8 Å². The topological polar surface area (TPSA) is 46.2 Å². The molecule has 0 bridgehead atoms. The van der Waals surface area contributed by atoms with Crippen LogP contribution in [0.25, 0.3) is 0 Å². The van der Waals surface area contributed by atoms with Crippen LogP contribution in [0.4, 0.5) is 4.39 Å². The predicted molar refractivity (Wildman–Crippen MR) is 83.9 cm³/mol. The van der Waals surface area contributed by atoms with Crippen LogP contribution in [0.3, 0.4) is 0 Å². The van der Waals surface area contributed by atoms with E-state index in [4.69, 9.17) is 0 Å². The summed E-state index contributed by atoms with van der Waals surface area (Å²) in [7, 11) is 0. The number of carbonyl (C=O) groups excluding carboxylic acids is 2. The van der Waals surface area contributed by atoms with Gasteiger partial charge in [-0.15, -0.1) is 0 Å². The largest absolute Gasteiger partial charge is 0.346 e. The summed E-state index contributed by atoms with van der Waals surface area (Å²) in [4.78, 5) is 24.5. The van der Waals surface area contributed by atoms with Gasteiger partial charge >= 0.3 is 0 Å². The smallest absolute Gasteiger partial charge is 0.224 e. The van der Waals surface area contributed by atoms with Crippen molar-refractivity contribution in [2.24, 2.45) is 11.3 Å². The molecule has 1 aromatic rings. The number of ketones is 1. The number of amides is 1. The molecule has 120 valence electrons. The zero-order valence-corrected chi connectivity index (χ0v) is 13.7. The quantitative estimate of drug-likeness (QED) is 0.906. The molecule has 3 nitrogen and oxygen atoms in total. The third-order valence-corrected chi connectivity index (χ3v) is 4.25. The highest BCUT2D eigenvalue weighted by Gasteiger charge is 2.45. The lowest BCUT2D eigenvalue weighted by Crippen LogP contribution is -2.49. The fraction of sp³-hybridized carbons (Fsp3) is 0.556. The van der Waals surface area contributed by atoms with Crippen LogP contribution in [0.5, 0.6) is 0 Å². The summed E-state index contributed by atoms with van der Waals surface area (Å²) in [5, 5.41) is 2.92. The third-order valence-electron chi connectivity index (χ3n) is 4.25. The molecule has 0 spiro atoms. The van der Waals surface area contributed by atoms with Gasteiger partial charge in [0, 0.05) is 12.3 Å². The molecule has 0 radical (unpaired) electrons. The monoisotopic (exact) mass is 305 g/mol. The first kappa shape index (κ1) is 16.7. The average molecular weight is 305 g/mol. The molecule has 3 atom stereocenters. The van der Waals surface area contributed by atoms with Crippen LogP contribution in [0, 0.1) is 17.2 Å². The first-order chi connectivity index (χ1) is 10.2. The van der Waals surface area contributed by atoms with Crippen molar-refractivity contribution < 1.29 is 14.0 Å². The number of halogens is 1. The standard InChI is InChI=1S/C18H24FNO2/c1-5-15(21)16(18(2,3)4)20-17(22)14-10-13(14)11-6-8-12(19)9-7-11/h6-9,13-14,16H,5,10H2,1-4H3,(H,20,22)/t13?,14-,16-/m1/s1. The normalized spacial score (nSPS) is 22.0. The Hall–Kier alpha value is -1.71. The van der Waals surface area contributed by atoms with Crippen molar-refractivity contribution in [3.05, 3.63) is 35.6 Å². The summed E-state index contributed by atoms with van der Waals surface area (Å²) in [5.41, 5.74) is 0.680. The molecule has 0 aliphatic heterocycles. The molecule has 1 N–H and O–H groups in total. The lowest BCUT2D eigenvalue weighted by molar-refractivity contribution is -0.130. The van der Waals surface area contributed by atoms with Crippen LogP contribution in [0.1, 0.15) is 52.0 Å². The van der Waals surface area contributed by atoms with Gasteiger partial charge in [0.25, 0.3) is 0 Å². The fourth-order valence-electron chi connectivity index (χ4n) is 2.80. The highest BCUT2D eigenvalue weighted by molar-refractivity contribution is 5.91. The second-order valence-electron chi connectivity index (χ2n) is 7.13. The molecule has 0 saturated heterocycles. The Morgan fingerprint density at radius 1 is 1.27 bits per heavy atom. The van der Waals surface area contributed by atoms with Crippen LogP contribution in [-0.4, -0.2) is 17.7 Å². The number of carbonyl (C=O) groups is 2. The third kappa shape index (κ3) is 3.73.